The molecule has 0 amide bonds. The van der Waals surface area contributed by atoms with E-state index in [4.69, 9.17) is 0 Å². The standard InChI is InChI=1S/C7H5BrN2O4/c1-14-7(11)6-4(10(12)13)2-3-5(8)9-6/h2-3H,1H3. The highest BCUT2D eigenvalue weighted by molar-refractivity contribution is 9.10. The number of rotatable bonds is 2. The summed E-state index contributed by atoms with van der Waals surface area (Å²) in [6.07, 6.45) is 0. The molecule has 1 aromatic rings. The van der Waals surface area contributed by atoms with Crippen molar-refractivity contribution in [2.45, 2.75) is 0 Å². The van der Waals surface area contributed by atoms with Crippen LogP contribution in [0, 0.1) is 10.1 Å². The van der Waals surface area contributed by atoms with E-state index >= 15 is 0 Å². The summed E-state index contributed by atoms with van der Waals surface area (Å²) in [4.78, 5) is 24.6. The van der Waals surface area contributed by atoms with Crippen LogP contribution in [0.25, 0.3) is 0 Å². The van der Waals surface area contributed by atoms with Crippen molar-refractivity contribution in [2.24, 2.45) is 0 Å². The molecule has 0 saturated heterocycles. The third kappa shape index (κ3) is 2.05. The zero-order valence-corrected chi connectivity index (χ0v) is 8.65. The van der Waals surface area contributed by atoms with Crippen molar-refractivity contribution in [3.05, 3.63) is 32.5 Å². The molecular weight excluding hydrogens is 256 g/mol. The first-order valence-corrected chi connectivity index (χ1v) is 4.25. The largest absolute Gasteiger partial charge is 0.464 e. The van der Waals surface area contributed by atoms with Crippen LogP contribution in [0.3, 0.4) is 0 Å². The Labute approximate surface area is 87.2 Å². The molecule has 0 unspecified atom stereocenters. The average Bonchev–Trinajstić information content (AvgIpc) is 2.16. The van der Waals surface area contributed by atoms with Crippen molar-refractivity contribution in [3.63, 3.8) is 0 Å². The molecule has 0 aromatic carbocycles. The quantitative estimate of drug-likeness (QED) is 0.349. The van der Waals surface area contributed by atoms with E-state index in [2.05, 4.69) is 25.7 Å². The third-order valence-electron chi connectivity index (χ3n) is 1.42. The second-order valence-electron chi connectivity index (χ2n) is 2.25. The van der Waals surface area contributed by atoms with Gasteiger partial charge in [0.25, 0.3) is 0 Å². The Balaban J connectivity index is 3.29. The highest BCUT2D eigenvalue weighted by atomic mass is 79.9. The van der Waals surface area contributed by atoms with Gasteiger partial charge in [-0.15, -0.1) is 0 Å². The maximum absolute atomic E-state index is 11.1. The minimum Gasteiger partial charge on any atom is -0.464 e. The fraction of sp³-hybridized carbons (Fsp3) is 0.143. The smallest absolute Gasteiger partial charge is 0.363 e. The summed E-state index contributed by atoms with van der Waals surface area (Å²) < 4.78 is 4.69. The van der Waals surface area contributed by atoms with Crippen LogP contribution in [0.5, 0.6) is 0 Å². The van der Waals surface area contributed by atoms with Crippen LogP contribution in [0.4, 0.5) is 5.69 Å². The first kappa shape index (κ1) is 10.6. The number of nitro groups is 1. The molecule has 0 spiro atoms. The summed E-state index contributed by atoms with van der Waals surface area (Å²) in [5, 5.41) is 10.5. The first-order chi connectivity index (χ1) is 6.56. The molecular formula is C7H5BrN2O4. The minimum atomic E-state index is -0.835. The topological polar surface area (TPSA) is 82.3 Å². The number of carbonyl (C=O) groups excluding carboxylic acids is 1. The highest BCUT2D eigenvalue weighted by Crippen LogP contribution is 2.19. The van der Waals surface area contributed by atoms with Crippen molar-refractivity contribution in [3.8, 4) is 0 Å². The first-order valence-electron chi connectivity index (χ1n) is 3.45. The van der Waals surface area contributed by atoms with Gasteiger partial charge in [-0.3, -0.25) is 10.1 Å². The highest BCUT2D eigenvalue weighted by Gasteiger charge is 2.22. The molecule has 0 N–H and O–H groups in total. The number of pyridine rings is 1. The van der Waals surface area contributed by atoms with Crippen LogP contribution in [-0.2, 0) is 4.74 Å². The number of aromatic nitrogens is 1. The van der Waals surface area contributed by atoms with Crippen molar-refractivity contribution < 1.29 is 14.5 Å². The van der Waals surface area contributed by atoms with Crippen LogP contribution in [0.1, 0.15) is 10.5 Å². The molecule has 0 aliphatic rings. The van der Waals surface area contributed by atoms with E-state index in [1.165, 1.54) is 12.1 Å². The molecule has 74 valence electrons. The molecule has 0 radical (unpaired) electrons. The summed E-state index contributed by atoms with van der Waals surface area (Å²) in [7, 11) is 1.13. The van der Waals surface area contributed by atoms with E-state index in [-0.39, 0.29) is 11.4 Å². The monoisotopic (exact) mass is 260 g/mol. The van der Waals surface area contributed by atoms with Crippen molar-refractivity contribution in [2.75, 3.05) is 7.11 Å². The molecule has 0 bridgehead atoms. The van der Waals surface area contributed by atoms with E-state index in [0.717, 1.165) is 7.11 Å². The Hall–Kier alpha value is -1.50. The second-order valence-corrected chi connectivity index (χ2v) is 3.06. The molecule has 0 fully saturated rings. The van der Waals surface area contributed by atoms with Gasteiger partial charge in [0.2, 0.25) is 5.69 Å². The number of methoxy groups -OCH3 is 1. The molecule has 0 atom stereocenters. The Morgan fingerprint density at radius 1 is 1.64 bits per heavy atom. The third-order valence-corrected chi connectivity index (χ3v) is 1.86. The Morgan fingerprint density at radius 3 is 2.79 bits per heavy atom. The van der Waals surface area contributed by atoms with Crippen LogP contribution >= 0.6 is 15.9 Å². The second kappa shape index (κ2) is 4.14. The summed E-state index contributed by atoms with van der Waals surface area (Å²) >= 11 is 3.00. The van der Waals surface area contributed by atoms with Gasteiger partial charge in [-0.25, -0.2) is 9.78 Å². The van der Waals surface area contributed by atoms with Gasteiger partial charge in [0.1, 0.15) is 4.60 Å². The van der Waals surface area contributed by atoms with Crippen LogP contribution in [0.15, 0.2) is 16.7 Å². The normalized spacial score (nSPS) is 9.57. The summed E-state index contributed by atoms with van der Waals surface area (Å²) in [5.74, 6) is -0.835. The number of halogens is 1. The van der Waals surface area contributed by atoms with Crippen molar-refractivity contribution in [1.82, 2.24) is 4.98 Å². The lowest BCUT2D eigenvalue weighted by molar-refractivity contribution is -0.385. The number of hydrogen-bond acceptors (Lipinski definition) is 5. The molecule has 1 rings (SSSR count). The molecule has 6 nitrogen and oxygen atoms in total. The van der Waals surface area contributed by atoms with Crippen molar-refractivity contribution in [1.29, 1.82) is 0 Å². The Morgan fingerprint density at radius 2 is 2.29 bits per heavy atom. The number of hydrogen-bond donors (Lipinski definition) is 0. The maximum Gasteiger partial charge on any atom is 0.363 e. The van der Waals surface area contributed by atoms with Gasteiger partial charge in [0.15, 0.2) is 0 Å². The molecule has 0 aliphatic heterocycles. The van der Waals surface area contributed by atoms with Gasteiger partial charge in [0, 0.05) is 6.07 Å². The predicted molar refractivity (Wildman–Crippen MR) is 49.9 cm³/mol. The molecule has 1 aromatic heterocycles. The summed E-state index contributed by atoms with van der Waals surface area (Å²) in [6.45, 7) is 0. The molecule has 0 aliphatic carbocycles. The van der Waals surface area contributed by atoms with Crippen LogP contribution in [0.2, 0.25) is 0 Å². The van der Waals surface area contributed by atoms with Gasteiger partial charge in [0.05, 0.1) is 12.0 Å². The van der Waals surface area contributed by atoms with E-state index in [0.29, 0.717) is 4.60 Å². The summed E-state index contributed by atoms with van der Waals surface area (Å²) in [5.41, 5.74) is -0.688. The zero-order valence-electron chi connectivity index (χ0n) is 7.06. The SMILES string of the molecule is COC(=O)c1nc(Br)ccc1[N+](=O)[O-]. The van der Waals surface area contributed by atoms with Gasteiger partial charge in [-0.2, -0.15) is 0 Å². The summed E-state index contributed by atoms with van der Waals surface area (Å²) in [6, 6.07) is 2.56. The van der Waals surface area contributed by atoms with E-state index in [1.807, 2.05) is 0 Å². The van der Waals surface area contributed by atoms with Gasteiger partial charge in [-0.1, -0.05) is 0 Å². The van der Waals surface area contributed by atoms with Crippen molar-refractivity contribution >= 4 is 27.6 Å². The Kier molecular flexibility index (Phi) is 3.13. The lowest BCUT2D eigenvalue weighted by atomic mass is 10.3. The number of esters is 1. The van der Waals surface area contributed by atoms with Crippen LogP contribution in [-0.4, -0.2) is 23.0 Å². The van der Waals surface area contributed by atoms with Gasteiger partial charge < -0.3 is 4.74 Å². The van der Waals surface area contributed by atoms with E-state index in [9.17, 15) is 14.9 Å². The maximum atomic E-state index is 11.1. The molecule has 0 saturated carbocycles. The molecule has 1 heterocycles. The number of ether oxygens (including phenoxy) is 1. The predicted octanol–water partition coefficient (Wildman–Crippen LogP) is 1.54. The zero-order chi connectivity index (χ0) is 10.7. The fourth-order valence-corrected chi connectivity index (χ4v) is 1.13. The molecule has 14 heavy (non-hydrogen) atoms. The van der Waals surface area contributed by atoms with Crippen LogP contribution < -0.4 is 0 Å². The Bertz CT molecular complexity index is 393. The minimum absolute atomic E-state index is 0.313. The number of nitrogens with zero attached hydrogens (tertiary/aromatic N) is 2. The van der Waals surface area contributed by atoms with Gasteiger partial charge in [-0.05, 0) is 22.0 Å². The lowest BCUT2D eigenvalue weighted by Crippen LogP contribution is -2.08. The average molecular weight is 261 g/mol. The van der Waals surface area contributed by atoms with E-state index in [1.54, 1.807) is 0 Å². The molecule has 7 heteroatoms. The lowest BCUT2D eigenvalue weighted by Gasteiger charge is -1.99. The number of carbonyl (C=O) groups is 1. The van der Waals surface area contributed by atoms with Gasteiger partial charge >= 0.3 is 11.7 Å². The fourth-order valence-electron chi connectivity index (χ4n) is 0.822. The van der Waals surface area contributed by atoms with E-state index < -0.39 is 10.9 Å².